The number of carbonyl (C=O) groups excluding carboxylic acids is 1. The summed E-state index contributed by atoms with van der Waals surface area (Å²) in [5.41, 5.74) is 2.23. The van der Waals surface area contributed by atoms with Crippen LogP contribution in [0.2, 0.25) is 0 Å². The van der Waals surface area contributed by atoms with Gasteiger partial charge in [0.25, 0.3) is 0 Å². The first kappa shape index (κ1) is 16.4. The molecule has 0 bridgehead atoms. The lowest BCUT2D eigenvalue weighted by Crippen LogP contribution is -2.48. The molecule has 0 spiro atoms. The second kappa shape index (κ2) is 6.67. The highest BCUT2D eigenvalue weighted by Crippen LogP contribution is 2.26. The molecule has 2 aliphatic rings. The molecule has 134 valence electrons. The number of cyclic esters (lactones) is 1. The van der Waals surface area contributed by atoms with Gasteiger partial charge in [0.05, 0.1) is 23.6 Å². The highest BCUT2D eigenvalue weighted by Gasteiger charge is 2.38. The van der Waals surface area contributed by atoms with Crippen molar-refractivity contribution in [1.82, 2.24) is 19.4 Å². The number of aromatic nitrogens is 2. The molecule has 1 aromatic carbocycles. The van der Waals surface area contributed by atoms with Crippen molar-refractivity contribution in [3.8, 4) is 0 Å². The van der Waals surface area contributed by atoms with Gasteiger partial charge in [0.1, 0.15) is 12.4 Å². The van der Waals surface area contributed by atoms with E-state index in [-0.39, 0.29) is 12.1 Å². The Kier molecular flexibility index (Phi) is 4.37. The largest absolute Gasteiger partial charge is 0.447 e. The summed E-state index contributed by atoms with van der Waals surface area (Å²) in [5, 5.41) is 0. The van der Waals surface area contributed by atoms with Gasteiger partial charge in [0.2, 0.25) is 0 Å². The maximum absolute atomic E-state index is 12.0. The van der Waals surface area contributed by atoms with E-state index in [1.807, 2.05) is 11.0 Å². The van der Waals surface area contributed by atoms with Gasteiger partial charge in [-0.1, -0.05) is 19.1 Å². The van der Waals surface area contributed by atoms with Gasteiger partial charge in [-0.3, -0.25) is 9.80 Å². The Labute approximate surface area is 148 Å². The zero-order chi connectivity index (χ0) is 17.4. The first-order valence-electron chi connectivity index (χ1n) is 9.25. The molecule has 2 fully saturated rings. The van der Waals surface area contributed by atoms with E-state index in [1.54, 1.807) is 0 Å². The van der Waals surface area contributed by atoms with Gasteiger partial charge in [0.15, 0.2) is 0 Å². The Hall–Kier alpha value is -2.08. The minimum Gasteiger partial charge on any atom is -0.447 e. The number of aryl methyl sites for hydroxylation is 1. The standard InChI is InChI=1S/C19H26N4O2/c1-3-14-13-25-19(24)23(14)15-8-10-22(11-9-15)12-18-20-16-6-4-5-7-17(16)21(18)2/h4-7,14-15H,3,8-13H2,1-2H3. The molecule has 4 rings (SSSR count). The average Bonchev–Trinajstić information content (AvgIpc) is 3.16. The molecule has 0 saturated carbocycles. The van der Waals surface area contributed by atoms with Gasteiger partial charge >= 0.3 is 6.09 Å². The molecular weight excluding hydrogens is 316 g/mol. The summed E-state index contributed by atoms with van der Waals surface area (Å²) in [4.78, 5) is 21.3. The lowest BCUT2D eigenvalue weighted by molar-refractivity contribution is 0.102. The third kappa shape index (κ3) is 2.99. The van der Waals surface area contributed by atoms with Crippen LogP contribution in [-0.4, -0.2) is 57.2 Å². The molecule has 1 amide bonds. The molecule has 2 saturated heterocycles. The van der Waals surface area contributed by atoms with Crippen LogP contribution < -0.4 is 0 Å². The number of hydrogen-bond donors (Lipinski definition) is 0. The van der Waals surface area contributed by atoms with Crippen LogP contribution in [0.15, 0.2) is 24.3 Å². The number of piperidine rings is 1. The van der Waals surface area contributed by atoms with E-state index in [1.165, 1.54) is 5.52 Å². The lowest BCUT2D eigenvalue weighted by atomic mass is 10.0. The van der Waals surface area contributed by atoms with E-state index in [2.05, 4.69) is 41.6 Å². The van der Waals surface area contributed by atoms with Crippen LogP contribution in [0.5, 0.6) is 0 Å². The van der Waals surface area contributed by atoms with E-state index in [0.717, 1.165) is 50.2 Å². The van der Waals surface area contributed by atoms with Crippen molar-refractivity contribution in [1.29, 1.82) is 0 Å². The van der Waals surface area contributed by atoms with Gasteiger partial charge in [-0.2, -0.15) is 0 Å². The smallest absolute Gasteiger partial charge is 0.410 e. The summed E-state index contributed by atoms with van der Waals surface area (Å²) in [5.74, 6) is 1.10. The zero-order valence-electron chi connectivity index (χ0n) is 15.0. The van der Waals surface area contributed by atoms with Crippen LogP contribution in [0, 0.1) is 0 Å². The third-order valence-corrected chi connectivity index (χ3v) is 5.67. The number of rotatable bonds is 4. The van der Waals surface area contributed by atoms with Crippen molar-refractivity contribution in [2.45, 2.75) is 44.8 Å². The van der Waals surface area contributed by atoms with Crippen LogP contribution >= 0.6 is 0 Å². The third-order valence-electron chi connectivity index (χ3n) is 5.67. The minimum absolute atomic E-state index is 0.124. The first-order chi connectivity index (χ1) is 12.2. The number of nitrogens with zero attached hydrogens (tertiary/aromatic N) is 4. The van der Waals surface area contributed by atoms with Gasteiger partial charge in [-0.05, 0) is 31.4 Å². The Morgan fingerprint density at radius 1 is 1.24 bits per heavy atom. The molecule has 0 aliphatic carbocycles. The van der Waals surface area contributed by atoms with E-state index in [0.29, 0.717) is 12.6 Å². The molecule has 0 radical (unpaired) electrons. The summed E-state index contributed by atoms with van der Waals surface area (Å²) in [6.45, 7) is 5.53. The molecule has 1 unspecified atom stereocenters. The monoisotopic (exact) mass is 342 g/mol. The van der Waals surface area contributed by atoms with Crippen LogP contribution in [0.25, 0.3) is 11.0 Å². The van der Waals surface area contributed by atoms with E-state index in [9.17, 15) is 4.79 Å². The Morgan fingerprint density at radius 3 is 2.72 bits per heavy atom. The SMILES string of the molecule is CCC1COC(=O)N1C1CCN(Cc2nc3ccccc3n2C)CC1. The number of fused-ring (bicyclic) bond motifs is 1. The van der Waals surface area contributed by atoms with Gasteiger partial charge < -0.3 is 9.30 Å². The van der Waals surface area contributed by atoms with Crippen molar-refractivity contribution in [3.05, 3.63) is 30.1 Å². The predicted molar refractivity (Wildman–Crippen MR) is 96.3 cm³/mol. The second-order valence-electron chi connectivity index (χ2n) is 7.13. The van der Waals surface area contributed by atoms with Crippen LogP contribution in [-0.2, 0) is 18.3 Å². The highest BCUT2D eigenvalue weighted by molar-refractivity contribution is 5.75. The molecule has 3 heterocycles. The van der Waals surface area contributed by atoms with Crippen LogP contribution in [0.3, 0.4) is 0 Å². The van der Waals surface area contributed by atoms with Crippen molar-refractivity contribution in [2.24, 2.45) is 7.05 Å². The molecule has 2 aromatic rings. The van der Waals surface area contributed by atoms with E-state index < -0.39 is 0 Å². The number of likely N-dealkylation sites (tertiary alicyclic amines) is 1. The van der Waals surface area contributed by atoms with Crippen LogP contribution in [0.4, 0.5) is 4.79 Å². The molecule has 25 heavy (non-hydrogen) atoms. The molecule has 2 aliphatic heterocycles. The van der Waals surface area contributed by atoms with Crippen molar-refractivity contribution >= 4 is 17.1 Å². The Bertz CT molecular complexity index is 764. The molecule has 1 atom stereocenters. The maximum Gasteiger partial charge on any atom is 0.410 e. The number of hydrogen-bond acceptors (Lipinski definition) is 4. The Morgan fingerprint density at radius 2 is 2.00 bits per heavy atom. The van der Waals surface area contributed by atoms with Crippen LogP contribution in [0.1, 0.15) is 32.0 Å². The quantitative estimate of drug-likeness (QED) is 0.857. The van der Waals surface area contributed by atoms with Gasteiger partial charge in [0, 0.05) is 26.2 Å². The van der Waals surface area contributed by atoms with Gasteiger partial charge in [-0.15, -0.1) is 0 Å². The summed E-state index contributed by atoms with van der Waals surface area (Å²) in [6.07, 6.45) is 2.86. The van der Waals surface area contributed by atoms with Crippen molar-refractivity contribution < 1.29 is 9.53 Å². The fourth-order valence-electron chi connectivity index (χ4n) is 4.13. The fraction of sp³-hybridized carbons (Fsp3) is 0.579. The minimum atomic E-state index is -0.124. The average molecular weight is 342 g/mol. The van der Waals surface area contributed by atoms with E-state index >= 15 is 0 Å². The van der Waals surface area contributed by atoms with E-state index in [4.69, 9.17) is 9.72 Å². The fourth-order valence-corrected chi connectivity index (χ4v) is 4.13. The topological polar surface area (TPSA) is 50.6 Å². The normalized spacial score (nSPS) is 22.7. The molecular formula is C19H26N4O2. The van der Waals surface area contributed by atoms with Crippen molar-refractivity contribution in [3.63, 3.8) is 0 Å². The molecule has 6 nitrogen and oxygen atoms in total. The predicted octanol–water partition coefficient (Wildman–Crippen LogP) is 2.77. The second-order valence-corrected chi connectivity index (χ2v) is 7.13. The number of carbonyl (C=O) groups is 1. The number of imidazole rings is 1. The molecule has 6 heteroatoms. The first-order valence-corrected chi connectivity index (χ1v) is 9.25. The highest BCUT2D eigenvalue weighted by atomic mass is 16.6. The summed E-state index contributed by atoms with van der Waals surface area (Å²) >= 11 is 0. The zero-order valence-corrected chi connectivity index (χ0v) is 15.0. The Balaban J connectivity index is 1.40. The number of amides is 1. The number of ether oxygens (including phenoxy) is 1. The van der Waals surface area contributed by atoms with Crippen molar-refractivity contribution in [2.75, 3.05) is 19.7 Å². The lowest BCUT2D eigenvalue weighted by Gasteiger charge is -2.37. The summed E-state index contributed by atoms with van der Waals surface area (Å²) in [7, 11) is 2.09. The summed E-state index contributed by atoms with van der Waals surface area (Å²) < 4.78 is 7.44. The van der Waals surface area contributed by atoms with Gasteiger partial charge in [-0.25, -0.2) is 9.78 Å². The summed E-state index contributed by atoms with van der Waals surface area (Å²) in [6, 6.07) is 8.83. The molecule has 1 aromatic heterocycles. The number of benzene rings is 1. The molecule has 0 N–H and O–H groups in total. The maximum atomic E-state index is 12.0. The number of para-hydroxylation sites is 2.